The van der Waals surface area contributed by atoms with E-state index in [0.29, 0.717) is 0 Å². The topological polar surface area (TPSA) is 131 Å². The lowest BCUT2D eigenvalue weighted by atomic mass is 10.0. The van der Waals surface area contributed by atoms with Gasteiger partial charge in [-0.15, -0.1) is 0 Å². The maximum atomic E-state index is 11.7. The number of anilines is 1. The lowest BCUT2D eigenvalue weighted by Gasteiger charge is -2.18. The molecule has 0 aliphatic carbocycles. The van der Waals surface area contributed by atoms with E-state index in [1.165, 1.54) is 6.20 Å². The second-order valence-corrected chi connectivity index (χ2v) is 4.35. The van der Waals surface area contributed by atoms with E-state index in [9.17, 15) is 14.7 Å². The zero-order chi connectivity index (χ0) is 13.4. The fourth-order valence-corrected chi connectivity index (χ4v) is 2.05. The Bertz CT molecular complexity index is 551. The SMILES string of the molecule is C[C@@H]1[C@H](O)[C@@H](CO)O[C@H]1n1cc(N)c(=O)[nH]c1=O. The van der Waals surface area contributed by atoms with Gasteiger partial charge in [-0.05, 0) is 0 Å². The molecule has 1 aromatic heterocycles. The first-order valence-electron chi connectivity index (χ1n) is 5.51. The van der Waals surface area contributed by atoms with Crippen molar-refractivity contribution in [1.29, 1.82) is 0 Å². The summed E-state index contributed by atoms with van der Waals surface area (Å²) >= 11 is 0. The lowest BCUT2D eigenvalue weighted by molar-refractivity contribution is -0.0476. The lowest BCUT2D eigenvalue weighted by Crippen LogP contribution is -2.35. The predicted octanol–water partition coefficient (Wildman–Crippen LogP) is -1.99. The van der Waals surface area contributed by atoms with Crippen molar-refractivity contribution in [1.82, 2.24) is 9.55 Å². The second kappa shape index (κ2) is 4.56. The van der Waals surface area contributed by atoms with Crippen LogP contribution in [0.5, 0.6) is 0 Å². The summed E-state index contributed by atoms with van der Waals surface area (Å²) in [4.78, 5) is 24.9. The molecule has 0 aromatic carbocycles. The van der Waals surface area contributed by atoms with Crippen molar-refractivity contribution in [2.45, 2.75) is 25.4 Å². The number of rotatable bonds is 2. The summed E-state index contributed by atoms with van der Waals surface area (Å²) in [5.74, 6) is -0.412. The number of aliphatic hydroxyl groups is 2. The highest BCUT2D eigenvalue weighted by Crippen LogP contribution is 2.33. The molecule has 1 saturated heterocycles. The molecule has 8 heteroatoms. The van der Waals surface area contributed by atoms with Crippen LogP contribution in [0, 0.1) is 5.92 Å². The molecule has 1 aliphatic heterocycles. The molecule has 0 amide bonds. The van der Waals surface area contributed by atoms with Gasteiger partial charge >= 0.3 is 5.69 Å². The summed E-state index contributed by atoms with van der Waals surface area (Å²) in [6, 6.07) is 0. The molecule has 0 saturated carbocycles. The minimum absolute atomic E-state index is 0.118. The second-order valence-electron chi connectivity index (χ2n) is 4.35. The Morgan fingerprint density at radius 2 is 2.22 bits per heavy atom. The number of aromatic nitrogens is 2. The third-order valence-electron chi connectivity index (χ3n) is 3.13. The number of H-pyrrole nitrogens is 1. The van der Waals surface area contributed by atoms with Crippen LogP contribution < -0.4 is 17.0 Å². The quantitative estimate of drug-likeness (QED) is 0.485. The van der Waals surface area contributed by atoms with Gasteiger partial charge in [0.2, 0.25) is 0 Å². The number of aliphatic hydroxyl groups excluding tert-OH is 2. The van der Waals surface area contributed by atoms with Crippen LogP contribution in [0.4, 0.5) is 5.69 Å². The average Bonchev–Trinajstić information content (AvgIpc) is 2.61. The van der Waals surface area contributed by atoms with Gasteiger partial charge in [0.05, 0.1) is 12.7 Å². The van der Waals surface area contributed by atoms with Crippen molar-refractivity contribution in [2.75, 3.05) is 12.3 Å². The number of ether oxygens (including phenoxy) is 1. The van der Waals surface area contributed by atoms with Gasteiger partial charge in [0.1, 0.15) is 18.0 Å². The van der Waals surface area contributed by atoms with Crippen LogP contribution in [-0.4, -0.2) is 38.6 Å². The maximum Gasteiger partial charge on any atom is 0.330 e. The summed E-state index contributed by atoms with van der Waals surface area (Å²) in [5, 5.41) is 18.8. The average molecular weight is 257 g/mol. The Morgan fingerprint density at radius 3 is 2.78 bits per heavy atom. The zero-order valence-electron chi connectivity index (χ0n) is 9.74. The van der Waals surface area contributed by atoms with E-state index in [1.807, 2.05) is 0 Å². The normalized spacial score (nSPS) is 31.7. The van der Waals surface area contributed by atoms with Crippen LogP contribution in [0.15, 0.2) is 15.8 Å². The first-order chi connectivity index (χ1) is 8.45. The van der Waals surface area contributed by atoms with Crippen LogP contribution in [0.25, 0.3) is 0 Å². The van der Waals surface area contributed by atoms with Crippen LogP contribution in [0.2, 0.25) is 0 Å². The Hall–Kier alpha value is -1.64. The summed E-state index contributed by atoms with van der Waals surface area (Å²) in [6.07, 6.45) is -1.25. The maximum absolute atomic E-state index is 11.7. The van der Waals surface area contributed by atoms with Crippen molar-refractivity contribution >= 4 is 5.69 Å². The largest absolute Gasteiger partial charge is 0.394 e. The number of nitrogens with two attached hydrogens (primary N) is 1. The van der Waals surface area contributed by atoms with Gasteiger partial charge in [-0.1, -0.05) is 6.92 Å². The van der Waals surface area contributed by atoms with Crippen LogP contribution in [0.1, 0.15) is 13.2 Å². The van der Waals surface area contributed by atoms with E-state index in [1.54, 1.807) is 6.92 Å². The Morgan fingerprint density at radius 1 is 1.56 bits per heavy atom. The molecule has 0 unspecified atom stereocenters. The van der Waals surface area contributed by atoms with Crippen molar-refractivity contribution in [3.05, 3.63) is 27.0 Å². The number of hydrogen-bond donors (Lipinski definition) is 4. The molecule has 0 bridgehead atoms. The Labute approximate surface area is 102 Å². The number of nitrogens with one attached hydrogen (secondary N) is 1. The van der Waals surface area contributed by atoms with E-state index in [0.717, 1.165) is 4.57 Å². The first-order valence-corrected chi connectivity index (χ1v) is 5.51. The minimum Gasteiger partial charge on any atom is -0.394 e. The number of nitrogens with zero attached hydrogens (tertiary/aromatic N) is 1. The van der Waals surface area contributed by atoms with Gasteiger partial charge in [0.15, 0.2) is 0 Å². The van der Waals surface area contributed by atoms with Gasteiger partial charge in [0.25, 0.3) is 5.56 Å². The monoisotopic (exact) mass is 257 g/mol. The number of aromatic amines is 1. The Kier molecular flexibility index (Phi) is 3.24. The van der Waals surface area contributed by atoms with Crippen molar-refractivity contribution in [3.63, 3.8) is 0 Å². The molecule has 18 heavy (non-hydrogen) atoms. The predicted molar refractivity (Wildman–Crippen MR) is 61.9 cm³/mol. The van der Waals surface area contributed by atoms with E-state index in [2.05, 4.69) is 4.98 Å². The smallest absolute Gasteiger partial charge is 0.330 e. The fourth-order valence-electron chi connectivity index (χ4n) is 2.05. The summed E-state index contributed by atoms with van der Waals surface area (Å²) in [6.45, 7) is 1.33. The molecule has 4 atom stereocenters. The molecule has 0 spiro atoms. The number of nitrogen functional groups attached to an aromatic ring is 1. The molecule has 0 radical (unpaired) electrons. The fraction of sp³-hybridized carbons (Fsp3) is 0.600. The molecule has 1 fully saturated rings. The third kappa shape index (κ3) is 1.94. The van der Waals surface area contributed by atoms with Crippen molar-refractivity contribution < 1.29 is 14.9 Å². The summed E-state index contributed by atoms with van der Waals surface area (Å²) < 4.78 is 6.49. The summed E-state index contributed by atoms with van der Waals surface area (Å²) in [7, 11) is 0. The van der Waals surface area contributed by atoms with Gasteiger partial charge in [-0.25, -0.2) is 4.79 Å². The van der Waals surface area contributed by atoms with Crippen molar-refractivity contribution in [3.8, 4) is 0 Å². The molecule has 2 rings (SSSR count). The first kappa shape index (κ1) is 12.8. The van der Waals surface area contributed by atoms with E-state index in [4.69, 9.17) is 15.6 Å². The number of hydrogen-bond acceptors (Lipinski definition) is 6. The zero-order valence-corrected chi connectivity index (χ0v) is 9.74. The molecule has 100 valence electrons. The molecule has 5 N–H and O–H groups in total. The van der Waals surface area contributed by atoms with Crippen LogP contribution >= 0.6 is 0 Å². The molecule has 1 aliphatic rings. The molecular formula is C10H15N3O5. The highest BCUT2D eigenvalue weighted by molar-refractivity contribution is 5.30. The highest BCUT2D eigenvalue weighted by Gasteiger charge is 2.41. The van der Waals surface area contributed by atoms with E-state index < -0.39 is 35.6 Å². The van der Waals surface area contributed by atoms with Gasteiger partial charge < -0.3 is 20.7 Å². The molecule has 8 nitrogen and oxygen atoms in total. The molecule has 2 heterocycles. The van der Waals surface area contributed by atoms with Gasteiger partial charge in [-0.2, -0.15) is 0 Å². The molecular weight excluding hydrogens is 242 g/mol. The van der Waals surface area contributed by atoms with Crippen LogP contribution in [-0.2, 0) is 4.74 Å². The summed E-state index contributed by atoms with van der Waals surface area (Å²) in [5.41, 5.74) is 3.98. The van der Waals surface area contributed by atoms with E-state index in [-0.39, 0.29) is 12.3 Å². The van der Waals surface area contributed by atoms with Crippen LogP contribution in [0.3, 0.4) is 0 Å². The standard InChI is InChI=1S/C10H15N3O5/c1-4-7(15)6(3-14)18-9(4)13-2-5(11)8(16)12-10(13)17/h2,4,6-7,9,14-15H,3,11H2,1H3,(H,12,16,17)/t4-,6-,7+,9-/m1/s1. The minimum atomic E-state index is -0.889. The molecule has 1 aromatic rings. The van der Waals surface area contributed by atoms with E-state index >= 15 is 0 Å². The van der Waals surface area contributed by atoms with Gasteiger partial charge in [0, 0.05) is 12.1 Å². The van der Waals surface area contributed by atoms with Gasteiger partial charge in [-0.3, -0.25) is 14.3 Å². The highest BCUT2D eigenvalue weighted by atomic mass is 16.5. The Balaban J connectivity index is 2.42. The third-order valence-corrected chi connectivity index (χ3v) is 3.13. The van der Waals surface area contributed by atoms with Crippen molar-refractivity contribution in [2.24, 2.45) is 5.92 Å².